The molecule has 1 aliphatic heterocycles. The van der Waals surface area contributed by atoms with Gasteiger partial charge in [-0.15, -0.1) is 0 Å². The van der Waals surface area contributed by atoms with Gasteiger partial charge >= 0.3 is 0 Å². The Hall–Kier alpha value is -3.27. The first-order chi connectivity index (χ1) is 13.8. The van der Waals surface area contributed by atoms with Crippen molar-refractivity contribution in [2.75, 3.05) is 19.0 Å². The quantitative estimate of drug-likeness (QED) is 0.522. The molecule has 2 heterocycles. The smallest absolute Gasteiger partial charge is 0.133 e. The van der Waals surface area contributed by atoms with Crippen LogP contribution in [0, 0.1) is 0 Å². The largest absolute Gasteiger partial charge is 0.497 e. The predicted octanol–water partition coefficient (Wildman–Crippen LogP) is 5.45. The summed E-state index contributed by atoms with van der Waals surface area (Å²) in [7, 11) is 1.69. The van der Waals surface area contributed by atoms with E-state index in [2.05, 4.69) is 59.9 Å². The molecule has 0 aliphatic carbocycles. The molecule has 4 heteroatoms. The minimum Gasteiger partial charge on any atom is -0.497 e. The Labute approximate surface area is 164 Å². The van der Waals surface area contributed by atoms with Gasteiger partial charge in [-0.05, 0) is 60.4 Å². The first kappa shape index (κ1) is 16.9. The normalized spacial score (nSPS) is 13.6. The summed E-state index contributed by atoms with van der Waals surface area (Å²) in [5.74, 6) is 1.97. The van der Waals surface area contributed by atoms with Crippen LogP contribution < -0.4 is 10.1 Å². The number of benzene rings is 3. The molecule has 4 nitrogen and oxygen atoms in total. The third-order valence-corrected chi connectivity index (χ3v) is 5.47. The van der Waals surface area contributed by atoms with Gasteiger partial charge in [-0.2, -0.15) is 5.10 Å². The lowest BCUT2D eigenvalue weighted by atomic mass is 10.0. The summed E-state index contributed by atoms with van der Waals surface area (Å²) < 4.78 is 7.35. The molecule has 0 unspecified atom stereocenters. The highest BCUT2D eigenvalue weighted by Crippen LogP contribution is 2.35. The molecule has 140 valence electrons. The van der Waals surface area contributed by atoms with E-state index in [0.29, 0.717) is 0 Å². The fourth-order valence-electron chi connectivity index (χ4n) is 3.98. The van der Waals surface area contributed by atoms with E-state index in [0.717, 1.165) is 35.9 Å². The Bertz CT molecular complexity index is 1130. The van der Waals surface area contributed by atoms with Gasteiger partial charge < -0.3 is 10.1 Å². The van der Waals surface area contributed by atoms with E-state index in [1.807, 2.05) is 16.8 Å². The van der Waals surface area contributed by atoms with Crippen molar-refractivity contribution in [2.24, 2.45) is 0 Å². The molecule has 3 aromatic carbocycles. The fraction of sp³-hybridized carbons (Fsp3) is 0.208. The van der Waals surface area contributed by atoms with E-state index in [4.69, 9.17) is 9.84 Å². The summed E-state index contributed by atoms with van der Waals surface area (Å²) in [5, 5.41) is 11.2. The van der Waals surface area contributed by atoms with Crippen LogP contribution in [0.5, 0.6) is 5.75 Å². The van der Waals surface area contributed by atoms with Crippen LogP contribution in [0.1, 0.15) is 18.4 Å². The second kappa shape index (κ2) is 7.04. The second-order valence-electron chi connectivity index (χ2n) is 7.23. The predicted molar refractivity (Wildman–Crippen MR) is 114 cm³/mol. The zero-order chi connectivity index (χ0) is 18.9. The summed E-state index contributed by atoms with van der Waals surface area (Å²) in [6.07, 6.45) is 3.39. The number of aromatic nitrogens is 2. The van der Waals surface area contributed by atoms with Crippen molar-refractivity contribution in [2.45, 2.75) is 19.3 Å². The van der Waals surface area contributed by atoms with Gasteiger partial charge in [0.05, 0.1) is 18.5 Å². The number of fused-ring (bicyclic) bond motifs is 2. The van der Waals surface area contributed by atoms with Crippen LogP contribution in [0.25, 0.3) is 27.7 Å². The van der Waals surface area contributed by atoms with Crippen molar-refractivity contribution in [3.8, 4) is 22.7 Å². The summed E-state index contributed by atoms with van der Waals surface area (Å²) in [4.78, 5) is 0. The molecule has 0 saturated heterocycles. The maximum atomic E-state index is 5.31. The van der Waals surface area contributed by atoms with Gasteiger partial charge in [-0.25, -0.2) is 4.68 Å². The number of rotatable bonds is 3. The summed E-state index contributed by atoms with van der Waals surface area (Å²) in [6.45, 7) is 0.978. The number of ether oxygens (including phenoxy) is 1. The van der Waals surface area contributed by atoms with Crippen LogP contribution in [0.3, 0.4) is 0 Å². The van der Waals surface area contributed by atoms with Crippen LogP contribution >= 0.6 is 0 Å². The van der Waals surface area contributed by atoms with Gasteiger partial charge in [0.2, 0.25) is 0 Å². The Kier molecular flexibility index (Phi) is 4.24. The molecule has 28 heavy (non-hydrogen) atoms. The minimum absolute atomic E-state index is 0.852. The van der Waals surface area contributed by atoms with Gasteiger partial charge in [-0.1, -0.05) is 36.4 Å². The zero-order valence-electron chi connectivity index (χ0n) is 16.0. The molecule has 5 rings (SSSR count). The zero-order valence-corrected chi connectivity index (χ0v) is 16.0. The maximum Gasteiger partial charge on any atom is 0.133 e. The summed E-state index contributed by atoms with van der Waals surface area (Å²) >= 11 is 0. The van der Waals surface area contributed by atoms with Crippen LogP contribution in [-0.4, -0.2) is 23.4 Å². The number of nitrogens with zero attached hydrogens (tertiary/aromatic N) is 2. The number of anilines is 1. The molecule has 1 aromatic heterocycles. The summed E-state index contributed by atoms with van der Waals surface area (Å²) in [5.41, 5.74) is 4.60. The molecule has 1 aliphatic rings. The number of hydrogen-bond donors (Lipinski definition) is 1. The Morgan fingerprint density at radius 3 is 2.57 bits per heavy atom. The standard InChI is InChI=1S/C24H23N3O/c1-28-21-13-11-20(12-14-21)27-24-22(8-4-5-15-25-24)23(26-27)19-10-9-17-6-2-3-7-18(17)16-19/h2-3,6-7,9-14,16,25H,4-5,8,15H2,1H3. The number of hydrogen-bond acceptors (Lipinski definition) is 3. The van der Waals surface area contributed by atoms with E-state index in [1.165, 1.54) is 34.7 Å². The summed E-state index contributed by atoms with van der Waals surface area (Å²) in [6, 6.07) is 23.2. The third kappa shape index (κ3) is 2.91. The Balaban J connectivity index is 1.67. The third-order valence-electron chi connectivity index (χ3n) is 5.47. The highest BCUT2D eigenvalue weighted by Gasteiger charge is 2.21. The Morgan fingerprint density at radius 1 is 0.929 bits per heavy atom. The molecule has 1 N–H and O–H groups in total. The van der Waals surface area contributed by atoms with Crippen molar-refractivity contribution in [1.82, 2.24) is 9.78 Å². The monoisotopic (exact) mass is 369 g/mol. The first-order valence-electron chi connectivity index (χ1n) is 9.83. The van der Waals surface area contributed by atoms with Crippen LogP contribution in [0.4, 0.5) is 5.82 Å². The van der Waals surface area contributed by atoms with Crippen LogP contribution in [0.2, 0.25) is 0 Å². The maximum absolute atomic E-state index is 5.31. The molecule has 0 radical (unpaired) electrons. The fourth-order valence-corrected chi connectivity index (χ4v) is 3.98. The second-order valence-corrected chi connectivity index (χ2v) is 7.23. The highest BCUT2D eigenvalue weighted by molar-refractivity contribution is 5.87. The molecule has 4 aromatic rings. The highest BCUT2D eigenvalue weighted by atomic mass is 16.5. The average Bonchev–Trinajstić information content (AvgIpc) is 2.94. The topological polar surface area (TPSA) is 39.1 Å². The van der Waals surface area contributed by atoms with E-state index in [1.54, 1.807) is 7.11 Å². The molecule has 0 fully saturated rings. The van der Waals surface area contributed by atoms with Crippen molar-refractivity contribution in [3.05, 3.63) is 72.3 Å². The van der Waals surface area contributed by atoms with Gasteiger partial charge in [0, 0.05) is 17.7 Å². The van der Waals surface area contributed by atoms with Gasteiger partial charge in [0.15, 0.2) is 0 Å². The van der Waals surface area contributed by atoms with Crippen molar-refractivity contribution >= 4 is 16.6 Å². The number of methoxy groups -OCH3 is 1. The lowest BCUT2D eigenvalue weighted by Crippen LogP contribution is -2.07. The molecule has 0 bridgehead atoms. The van der Waals surface area contributed by atoms with Crippen molar-refractivity contribution in [1.29, 1.82) is 0 Å². The molecular formula is C24H23N3O. The lowest BCUT2D eigenvalue weighted by molar-refractivity contribution is 0.414. The first-order valence-corrected chi connectivity index (χ1v) is 9.83. The van der Waals surface area contributed by atoms with Crippen molar-refractivity contribution < 1.29 is 4.74 Å². The lowest BCUT2D eigenvalue weighted by Gasteiger charge is -2.09. The molecular weight excluding hydrogens is 346 g/mol. The minimum atomic E-state index is 0.852. The average molecular weight is 369 g/mol. The van der Waals surface area contributed by atoms with E-state index < -0.39 is 0 Å². The Morgan fingerprint density at radius 2 is 1.75 bits per heavy atom. The van der Waals surface area contributed by atoms with Gasteiger partial charge in [0.25, 0.3) is 0 Å². The van der Waals surface area contributed by atoms with Crippen LogP contribution in [0.15, 0.2) is 66.7 Å². The van der Waals surface area contributed by atoms with Crippen LogP contribution in [-0.2, 0) is 6.42 Å². The molecule has 0 spiro atoms. The molecule has 0 saturated carbocycles. The van der Waals surface area contributed by atoms with Gasteiger partial charge in [-0.3, -0.25) is 0 Å². The van der Waals surface area contributed by atoms with E-state index >= 15 is 0 Å². The number of nitrogens with one attached hydrogen (secondary N) is 1. The van der Waals surface area contributed by atoms with E-state index in [-0.39, 0.29) is 0 Å². The van der Waals surface area contributed by atoms with Gasteiger partial charge in [0.1, 0.15) is 11.6 Å². The SMILES string of the molecule is COc1ccc(-n2nc(-c3ccc4ccccc4c3)c3c2NCCCC3)cc1. The van der Waals surface area contributed by atoms with Crippen molar-refractivity contribution in [3.63, 3.8) is 0 Å². The molecule has 0 atom stereocenters. The van der Waals surface area contributed by atoms with E-state index in [9.17, 15) is 0 Å². The molecule has 0 amide bonds.